The summed E-state index contributed by atoms with van der Waals surface area (Å²) >= 11 is 4.79. The molecule has 1 N–H and O–H groups in total. The third-order valence-corrected chi connectivity index (χ3v) is 5.60. The van der Waals surface area contributed by atoms with Crippen LogP contribution < -0.4 is 19.5 Å². The number of rotatable bonds is 6. The van der Waals surface area contributed by atoms with Gasteiger partial charge in [-0.15, -0.1) is 11.3 Å². The first kappa shape index (κ1) is 20.2. The van der Waals surface area contributed by atoms with Gasteiger partial charge in [-0.2, -0.15) is 0 Å². The van der Waals surface area contributed by atoms with E-state index in [2.05, 4.69) is 26.2 Å². The number of halogens is 1. The Morgan fingerprint density at radius 2 is 1.75 bits per heavy atom. The van der Waals surface area contributed by atoms with E-state index in [0.717, 1.165) is 16.1 Å². The van der Waals surface area contributed by atoms with Crippen LogP contribution in [-0.4, -0.2) is 32.2 Å². The number of anilines is 1. The second-order valence-electron chi connectivity index (χ2n) is 5.79. The first-order chi connectivity index (χ1) is 13.5. The zero-order valence-electron chi connectivity index (χ0n) is 15.8. The summed E-state index contributed by atoms with van der Waals surface area (Å²) in [6, 6.07) is 10.7. The fourth-order valence-corrected chi connectivity index (χ4v) is 4.04. The summed E-state index contributed by atoms with van der Waals surface area (Å²) in [6.07, 6.45) is 0. The maximum Gasteiger partial charge on any atom is 0.257 e. The number of nitrogens with one attached hydrogen (secondary N) is 1. The molecule has 146 valence electrons. The molecule has 1 aromatic heterocycles. The number of hydrogen-bond donors (Lipinski definition) is 1. The predicted molar refractivity (Wildman–Crippen MR) is 114 cm³/mol. The van der Waals surface area contributed by atoms with Gasteiger partial charge in [0.1, 0.15) is 17.2 Å². The molecule has 0 bridgehead atoms. The molecule has 0 aliphatic rings. The molecule has 0 aliphatic carbocycles. The number of amides is 1. The largest absolute Gasteiger partial charge is 0.497 e. The highest BCUT2D eigenvalue weighted by molar-refractivity contribution is 9.10. The van der Waals surface area contributed by atoms with Crippen molar-refractivity contribution >= 4 is 38.3 Å². The van der Waals surface area contributed by atoms with Crippen molar-refractivity contribution < 1.29 is 19.0 Å². The minimum atomic E-state index is -0.249. The lowest BCUT2D eigenvalue weighted by Gasteiger charge is -2.09. The minimum absolute atomic E-state index is 0.249. The molecular weight excluding hydrogens is 444 g/mol. The van der Waals surface area contributed by atoms with E-state index in [1.54, 1.807) is 39.5 Å². The molecule has 0 saturated heterocycles. The van der Waals surface area contributed by atoms with Crippen LogP contribution in [0.1, 0.15) is 15.2 Å². The number of ether oxygens (including phenoxy) is 3. The summed E-state index contributed by atoms with van der Waals surface area (Å²) in [5.74, 6) is 1.80. The van der Waals surface area contributed by atoms with Crippen molar-refractivity contribution in [1.82, 2.24) is 4.98 Å². The van der Waals surface area contributed by atoms with Gasteiger partial charge in [0.2, 0.25) is 0 Å². The molecule has 0 fully saturated rings. The number of benzene rings is 2. The van der Waals surface area contributed by atoms with Gasteiger partial charge in [0, 0.05) is 16.0 Å². The smallest absolute Gasteiger partial charge is 0.257 e. The number of methoxy groups -OCH3 is 3. The molecule has 3 aromatic rings. The van der Waals surface area contributed by atoms with Crippen molar-refractivity contribution in [3.63, 3.8) is 0 Å². The molecule has 28 heavy (non-hydrogen) atoms. The maximum atomic E-state index is 12.6. The number of aryl methyl sites for hydroxylation is 1. The molecular formula is C20H19BrN2O4S. The van der Waals surface area contributed by atoms with Crippen LogP contribution in [0.4, 0.5) is 5.13 Å². The molecule has 3 rings (SSSR count). The Morgan fingerprint density at radius 3 is 2.39 bits per heavy atom. The Kier molecular flexibility index (Phi) is 6.21. The molecule has 6 nitrogen and oxygen atoms in total. The highest BCUT2D eigenvalue weighted by Gasteiger charge is 2.17. The van der Waals surface area contributed by atoms with E-state index in [-0.39, 0.29) is 5.91 Å². The van der Waals surface area contributed by atoms with Crippen molar-refractivity contribution in [3.05, 3.63) is 51.3 Å². The highest BCUT2D eigenvalue weighted by atomic mass is 79.9. The van der Waals surface area contributed by atoms with Crippen LogP contribution in [-0.2, 0) is 0 Å². The van der Waals surface area contributed by atoms with Crippen LogP contribution in [0.2, 0.25) is 0 Å². The van der Waals surface area contributed by atoms with E-state index in [4.69, 9.17) is 14.2 Å². The lowest BCUT2D eigenvalue weighted by Crippen LogP contribution is -2.11. The van der Waals surface area contributed by atoms with Gasteiger partial charge >= 0.3 is 0 Å². The molecule has 0 atom stereocenters. The normalized spacial score (nSPS) is 10.5. The average Bonchev–Trinajstić information content (AvgIpc) is 3.07. The van der Waals surface area contributed by atoms with E-state index < -0.39 is 0 Å². The zero-order valence-corrected chi connectivity index (χ0v) is 18.2. The lowest BCUT2D eigenvalue weighted by atomic mass is 10.1. The Labute approximate surface area is 175 Å². The van der Waals surface area contributed by atoms with Gasteiger partial charge in [-0.1, -0.05) is 0 Å². The van der Waals surface area contributed by atoms with E-state index in [1.165, 1.54) is 11.3 Å². The summed E-state index contributed by atoms with van der Waals surface area (Å²) in [5.41, 5.74) is 2.05. The molecule has 0 unspecified atom stereocenters. The fraction of sp³-hybridized carbons (Fsp3) is 0.200. The Balaban J connectivity index is 1.89. The first-order valence-electron chi connectivity index (χ1n) is 8.31. The van der Waals surface area contributed by atoms with Crippen LogP contribution in [0.5, 0.6) is 17.2 Å². The Bertz CT molecular complexity index is 1020. The molecule has 8 heteroatoms. The highest BCUT2D eigenvalue weighted by Crippen LogP contribution is 2.38. The fourth-order valence-electron chi connectivity index (χ4n) is 2.68. The first-order valence-corrected chi connectivity index (χ1v) is 9.92. The SMILES string of the molecule is COc1ccc(OC)c(-c2nc(NC(=O)c3ccc(OC)c(Br)c3)sc2C)c1. The molecule has 0 spiro atoms. The minimum Gasteiger partial charge on any atom is -0.497 e. The molecule has 2 aromatic carbocycles. The van der Waals surface area contributed by atoms with Crippen LogP contribution in [0.3, 0.4) is 0 Å². The molecule has 0 radical (unpaired) electrons. The van der Waals surface area contributed by atoms with E-state index in [1.807, 2.05) is 25.1 Å². The third kappa shape index (κ3) is 4.13. The summed E-state index contributed by atoms with van der Waals surface area (Å²) in [6.45, 7) is 1.95. The predicted octanol–water partition coefficient (Wildman–Crippen LogP) is 5.16. The van der Waals surface area contributed by atoms with Crippen molar-refractivity contribution in [2.75, 3.05) is 26.6 Å². The number of aromatic nitrogens is 1. The number of thiazole rings is 1. The summed E-state index contributed by atoms with van der Waals surface area (Å²) in [5, 5.41) is 3.36. The van der Waals surface area contributed by atoms with E-state index >= 15 is 0 Å². The zero-order chi connectivity index (χ0) is 20.3. The van der Waals surface area contributed by atoms with Crippen LogP contribution in [0.15, 0.2) is 40.9 Å². The second-order valence-corrected chi connectivity index (χ2v) is 7.85. The van der Waals surface area contributed by atoms with Crippen molar-refractivity contribution in [1.29, 1.82) is 0 Å². The van der Waals surface area contributed by atoms with Gasteiger partial charge in [0.25, 0.3) is 5.91 Å². The van der Waals surface area contributed by atoms with Gasteiger partial charge in [0.05, 0.1) is 31.5 Å². The van der Waals surface area contributed by atoms with Crippen molar-refractivity contribution in [2.24, 2.45) is 0 Å². The van der Waals surface area contributed by atoms with Crippen molar-refractivity contribution in [2.45, 2.75) is 6.92 Å². The van der Waals surface area contributed by atoms with Gasteiger partial charge in [-0.3, -0.25) is 10.1 Å². The number of hydrogen-bond acceptors (Lipinski definition) is 6. The average molecular weight is 463 g/mol. The quantitative estimate of drug-likeness (QED) is 0.547. The van der Waals surface area contributed by atoms with Gasteiger partial charge < -0.3 is 14.2 Å². The molecule has 0 saturated carbocycles. The Morgan fingerprint density at radius 1 is 1.04 bits per heavy atom. The molecule has 1 amide bonds. The number of carbonyl (C=O) groups excluding carboxylic acids is 1. The second kappa shape index (κ2) is 8.62. The van der Waals surface area contributed by atoms with Gasteiger partial charge in [-0.05, 0) is 59.3 Å². The Hall–Kier alpha value is -2.58. The third-order valence-electron chi connectivity index (χ3n) is 4.09. The maximum absolute atomic E-state index is 12.6. The lowest BCUT2D eigenvalue weighted by molar-refractivity contribution is 0.102. The monoisotopic (exact) mass is 462 g/mol. The van der Waals surface area contributed by atoms with E-state index in [9.17, 15) is 4.79 Å². The van der Waals surface area contributed by atoms with Crippen molar-refractivity contribution in [3.8, 4) is 28.5 Å². The summed E-state index contributed by atoms with van der Waals surface area (Å²) in [7, 11) is 4.79. The molecule has 0 aliphatic heterocycles. The van der Waals surface area contributed by atoms with Crippen LogP contribution >= 0.6 is 27.3 Å². The summed E-state index contributed by atoms with van der Waals surface area (Å²) < 4.78 is 16.7. The topological polar surface area (TPSA) is 69.7 Å². The van der Waals surface area contributed by atoms with Crippen LogP contribution in [0, 0.1) is 6.92 Å². The van der Waals surface area contributed by atoms with Gasteiger partial charge in [0.15, 0.2) is 5.13 Å². The van der Waals surface area contributed by atoms with E-state index in [0.29, 0.717) is 32.4 Å². The van der Waals surface area contributed by atoms with Crippen LogP contribution in [0.25, 0.3) is 11.3 Å². The van der Waals surface area contributed by atoms with Gasteiger partial charge in [-0.25, -0.2) is 4.98 Å². The molecule has 1 heterocycles. The summed E-state index contributed by atoms with van der Waals surface area (Å²) in [4.78, 5) is 18.2. The standard InChI is InChI=1S/C20H19BrN2O4S/c1-11-18(14-10-13(25-2)6-8-16(14)26-3)22-20(28-11)23-19(24)12-5-7-17(27-4)15(21)9-12/h5-10H,1-4H3,(H,22,23,24). The number of carbonyl (C=O) groups is 1. The number of nitrogens with zero attached hydrogens (tertiary/aromatic N) is 1.